The largest absolute Gasteiger partial charge is 0.457 e. The number of pyridine rings is 1. The van der Waals surface area contributed by atoms with Crippen LogP contribution in [0.2, 0.25) is 0 Å². The van der Waals surface area contributed by atoms with Crippen LogP contribution in [0.5, 0.6) is 11.5 Å². The van der Waals surface area contributed by atoms with Gasteiger partial charge in [-0.15, -0.1) is 0 Å². The summed E-state index contributed by atoms with van der Waals surface area (Å²) in [4.78, 5) is 12.3. The summed E-state index contributed by atoms with van der Waals surface area (Å²) in [6.45, 7) is 0. The van der Waals surface area contributed by atoms with E-state index in [9.17, 15) is 0 Å². The molecule has 4 heterocycles. The van der Waals surface area contributed by atoms with Crippen molar-refractivity contribution in [3.8, 4) is 28.6 Å². The molecule has 0 fully saturated rings. The SMILES string of the molecule is Cn1c(-c2cccc(Oc3cccc(-n4c5ncccc5c5ccc6c(c54)Sc4ccccc4[N+]6(C)C)c3)c2)nc2ccccc21. The van der Waals surface area contributed by atoms with Crippen molar-refractivity contribution in [1.82, 2.24) is 23.6 Å². The number of aromatic nitrogens is 4. The van der Waals surface area contributed by atoms with E-state index in [1.54, 1.807) is 0 Å². The minimum Gasteiger partial charge on any atom is -0.457 e. The van der Waals surface area contributed by atoms with Crippen LogP contribution in [0.4, 0.5) is 11.4 Å². The maximum Gasteiger partial charge on any atom is 0.153 e. The first-order valence-electron chi connectivity index (χ1n) is 15.3. The fourth-order valence-corrected chi connectivity index (χ4v) is 8.32. The molecule has 8 aromatic rings. The molecule has 0 saturated heterocycles. The summed E-state index contributed by atoms with van der Waals surface area (Å²) >= 11 is 1.84. The molecule has 5 aromatic carbocycles. The molecule has 0 spiro atoms. The van der Waals surface area contributed by atoms with E-state index in [2.05, 4.69) is 109 Å². The van der Waals surface area contributed by atoms with Gasteiger partial charge in [-0.2, -0.15) is 0 Å². The van der Waals surface area contributed by atoms with Crippen molar-refractivity contribution in [3.63, 3.8) is 0 Å². The summed E-state index contributed by atoms with van der Waals surface area (Å²) in [5.74, 6) is 2.41. The lowest BCUT2D eigenvalue weighted by atomic mass is 10.1. The van der Waals surface area contributed by atoms with E-state index in [0.717, 1.165) is 56.2 Å². The van der Waals surface area contributed by atoms with E-state index < -0.39 is 0 Å². The van der Waals surface area contributed by atoms with Gasteiger partial charge in [-0.25, -0.2) is 9.97 Å². The van der Waals surface area contributed by atoms with Gasteiger partial charge in [0.05, 0.1) is 46.1 Å². The van der Waals surface area contributed by atoms with E-state index in [4.69, 9.17) is 14.7 Å². The fraction of sp³-hybridized carbons (Fsp3) is 0.0769. The second kappa shape index (κ2) is 10.1. The quantitative estimate of drug-likeness (QED) is 0.185. The van der Waals surface area contributed by atoms with Crippen molar-refractivity contribution in [2.75, 3.05) is 14.1 Å². The second-order valence-electron chi connectivity index (χ2n) is 12.2. The molecule has 46 heavy (non-hydrogen) atoms. The highest BCUT2D eigenvalue weighted by molar-refractivity contribution is 8.00. The molecule has 0 bridgehead atoms. The number of rotatable bonds is 4. The maximum absolute atomic E-state index is 6.53. The average Bonchev–Trinajstić information content (AvgIpc) is 3.60. The fourth-order valence-electron chi connectivity index (χ4n) is 6.85. The van der Waals surface area contributed by atoms with Gasteiger partial charge >= 0.3 is 0 Å². The number of aryl methyl sites for hydroxylation is 1. The summed E-state index contributed by atoms with van der Waals surface area (Å²) in [7, 11) is 6.59. The third-order valence-electron chi connectivity index (χ3n) is 9.10. The Morgan fingerprint density at radius 1 is 0.717 bits per heavy atom. The van der Waals surface area contributed by atoms with Crippen molar-refractivity contribution < 1.29 is 4.74 Å². The van der Waals surface area contributed by atoms with Crippen LogP contribution in [0.25, 0.3) is 50.0 Å². The Hall–Kier alpha value is -5.37. The van der Waals surface area contributed by atoms with Crippen molar-refractivity contribution in [1.29, 1.82) is 0 Å². The number of fused-ring (bicyclic) bond motifs is 7. The van der Waals surface area contributed by atoms with Gasteiger partial charge in [-0.1, -0.05) is 54.2 Å². The highest BCUT2D eigenvalue weighted by atomic mass is 32.2. The number of imidazole rings is 1. The van der Waals surface area contributed by atoms with Crippen LogP contribution in [0.3, 0.4) is 0 Å². The number of hydrogen-bond acceptors (Lipinski definition) is 4. The van der Waals surface area contributed by atoms with Crippen LogP contribution in [0, 0.1) is 0 Å². The monoisotopic (exact) mass is 616 g/mol. The number of hydrogen-bond donors (Lipinski definition) is 0. The Labute approximate surface area is 270 Å². The van der Waals surface area contributed by atoms with Gasteiger partial charge in [0.2, 0.25) is 0 Å². The molecular formula is C39H30N5OS+. The first-order chi connectivity index (χ1) is 22.5. The maximum atomic E-state index is 6.53. The van der Waals surface area contributed by atoms with E-state index in [-0.39, 0.29) is 0 Å². The highest BCUT2D eigenvalue weighted by Gasteiger charge is 2.36. The third-order valence-corrected chi connectivity index (χ3v) is 10.3. The second-order valence-corrected chi connectivity index (χ2v) is 13.2. The molecule has 1 aliphatic rings. The molecular weight excluding hydrogens is 587 g/mol. The molecule has 0 aliphatic carbocycles. The topological polar surface area (TPSA) is 44.9 Å². The standard InChI is InChI=1S/C39H30N5OS/c1-42-32-17-5-4-16-31(32)41-38(42)25-11-8-13-27(23-25)45-28-14-9-12-26(24-28)43-36-29(30-15-10-22-40-39(30)43)20-21-34-37(36)46-35-19-7-6-18-33(35)44(34,2)3/h4-24H,1-3H3/q+1. The third kappa shape index (κ3) is 4.02. The first kappa shape index (κ1) is 27.0. The molecule has 1 aliphatic heterocycles. The smallest absolute Gasteiger partial charge is 0.153 e. The lowest BCUT2D eigenvalue weighted by Crippen LogP contribution is -2.36. The first-order valence-corrected chi connectivity index (χ1v) is 16.1. The predicted octanol–water partition coefficient (Wildman–Crippen LogP) is 9.89. The van der Waals surface area contributed by atoms with Crippen LogP contribution < -0.4 is 9.22 Å². The summed E-state index contributed by atoms with van der Waals surface area (Å²) in [6.07, 6.45) is 1.87. The average molecular weight is 617 g/mol. The molecule has 9 rings (SSSR count). The van der Waals surface area contributed by atoms with E-state index in [1.807, 2.05) is 60.4 Å². The zero-order valence-corrected chi connectivity index (χ0v) is 26.5. The molecule has 3 aromatic heterocycles. The molecule has 0 N–H and O–H groups in total. The van der Waals surface area contributed by atoms with Gasteiger partial charge in [-0.3, -0.25) is 9.05 Å². The van der Waals surface area contributed by atoms with E-state index >= 15 is 0 Å². The summed E-state index contributed by atoms with van der Waals surface area (Å²) in [5.41, 5.74) is 8.74. The molecule has 6 nitrogen and oxygen atoms in total. The minimum absolute atomic E-state index is 0.675. The highest BCUT2D eigenvalue weighted by Crippen LogP contribution is 2.54. The molecule has 0 atom stereocenters. The molecule has 222 valence electrons. The Kier molecular flexibility index (Phi) is 5.91. The van der Waals surface area contributed by atoms with Crippen LogP contribution >= 0.6 is 11.8 Å². The van der Waals surface area contributed by atoms with Crippen LogP contribution in [-0.4, -0.2) is 33.2 Å². The molecule has 0 radical (unpaired) electrons. The van der Waals surface area contributed by atoms with Crippen LogP contribution in [0.1, 0.15) is 0 Å². The van der Waals surface area contributed by atoms with Crippen LogP contribution in [-0.2, 0) is 7.05 Å². The van der Waals surface area contributed by atoms with Crippen LogP contribution in [0.15, 0.2) is 137 Å². The molecule has 7 heteroatoms. The Bertz CT molecular complexity index is 2490. The van der Waals surface area contributed by atoms with Gasteiger partial charge in [0.1, 0.15) is 23.0 Å². The molecule has 0 unspecified atom stereocenters. The number of benzene rings is 5. The van der Waals surface area contributed by atoms with Crippen molar-refractivity contribution in [2.24, 2.45) is 7.05 Å². The van der Waals surface area contributed by atoms with Gasteiger partial charge in [0.15, 0.2) is 11.4 Å². The predicted molar refractivity (Wildman–Crippen MR) is 189 cm³/mol. The Balaban J connectivity index is 1.17. The van der Waals surface area contributed by atoms with Gasteiger partial charge in [0.25, 0.3) is 0 Å². The zero-order chi connectivity index (χ0) is 31.0. The van der Waals surface area contributed by atoms with Gasteiger partial charge in [-0.05, 0) is 60.7 Å². The minimum atomic E-state index is 0.675. The summed E-state index contributed by atoms with van der Waals surface area (Å²) < 4.78 is 11.6. The van der Waals surface area contributed by atoms with Gasteiger partial charge < -0.3 is 9.30 Å². The summed E-state index contributed by atoms with van der Waals surface area (Å²) in [5, 5.41) is 2.32. The zero-order valence-electron chi connectivity index (χ0n) is 25.7. The lowest BCUT2D eigenvalue weighted by Gasteiger charge is -2.35. The number of ether oxygens (including phenoxy) is 1. The summed E-state index contributed by atoms with van der Waals surface area (Å²) in [6, 6.07) is 42.1. The Morgan fingerprint density at radius 3 is 2.41 bits per heavy atom. The van der Waals surface area contributed by atoms with E-state index in [0.29, 0.717) is 4.48 Å². The van der Waals surface area contributed by atoms with Gasteiger partial charge in [0, 0.05) is 47.8 Å². The van der Waals surface area contributed by atoms with Crippen molar-refractivity contribution >= 4 is 56.1 Å². The lowest BCUT2D eigenvalue weighted by molar-refractivity contribution is 0.482. The number of nitrogens with zero attached hydrogens (tertiary/aromatic N) is 5. The number of quaternary nitrogens is 1. The normalized spacial score (nSPS) is 13.6. The molecule has 0 saturated carbocycles. The van der Waals surface area contributed by atoms with E-state index in [1.165, 1.54) is 26.6 Å². The Morgan fingerprint density at radius 2 is 1.52 bits per heavy atom. The number of para-hydroxylation sites is 3. The molecule has 0 amide bonds. The van der Waals surface area contributed by atoms with Crippen molar-refractivity contribution in [3.05, 3.63) is 128 Å². The van der Waals surface area contributed by atoms with Crippen molar-refractivity contribution in [2.45, 2.75) is 9.79 Å².